The number of ether oxygens (including phenoxy) is 1. The number of pyridine rings is 1. The maximum absolute atomic E-state index is 5.70. The van der Waals surface area contributed by atoms with Crippen molar-refractivity contribution in [2.75, 3.05) is 5.32 Å². The summed E-state index contributed by atoms with van der Waals surface area (Å²) in [5.74, 6) is 0.914. The number of aryl methyl sites for hydroxylation is 1. The Morgan fingerprint density at radius 1 is 1.15 bits per heavy atom. The van der Waals surface area contributed by atoms with Crippen molar-refractivity contribution in [2.45, 2.75) is 39.8 Å². The molecule has 3 heteroatoms. The van der Waals surface area contributed by atoms with Crippen LogP contribution in [0.4, 0.5) is 5.69 Å². The minimum absolute atomic E-state index is 0.197. The minimum atomic E-state index is 0.197. The number of hydrogen-bond donors (Lipinski definition) is 1. The Morgan fingerprint density at radius 3 is 2.55 bits per heavy atom. The lowest BCUT2D eigenvalue weighted by Gasteiger charge is -2.18. The molecule has 1 heterocycles. The van der Waals surface area contributed by atoms with Crippen LogP contribution >= 0.6 is 0 Å². The molecule has 0 saturated carbocycles. The SMILES string of the molecule is Cc1cc(OC(C)C)ccc1NC(C)c1cccnc1. The minimum Gasteiger partial charge on any atom is -0.491 e. The van der Waals surface area contributed by atoms with Crippen LogP contribution in [0.5, 0.6) is 5.75 Å². The zero-order chi connectivity index (χ0) is 14.5. The fourth-order valence-corrected chi connectivity index (χ4v) is 2.09. The van der Waals surface area contributed by atoms with Crippen molar-refractivity contribution >= 4 is 5.69 Å². The van der Waals surface area contributed by atoms with Crippen molar-refractivity contribution in [3.8, 4) is 5.75 Å². The van der Waals surface area contributed by atoms with Crippen LogP contribution < -0.4 is 10.1 Å². The highest BCUT2D eigenvalue weighted by Crippen LogP contribution is 2.25. The van der Waals surface area contributed by atoms with Crippen LogP contribution in [0.25, 0.3) is 0 Å². The van der Waals surface area contributed by atoms with Crippen molar-refractivity contribution in [1.82, 2.24) is 4.98 Å². The van der Waals surface area contributed by atoms with Crippen LogP contribution in [0.15, 0.2) is 42.7 Å². The van der Waals surface area contributed by atoms with Gasteiger partial charge in [0.25, 0.3) is 0 Å². The highest BCUT2D eigenvalue weighted by molar-refractivity contribution is 5.54. The molecule has 1 N–H and O–H groups in total. The Bertz CT molecular complexity index is 552. The number of hydrogen-bond acceptors (Lipinski definition) is 3. The Morgan fingerprint density at radius 2 is 1.95 bits per heavy atom. The number of nitrogens with zero attached hydrogens (tertiary/aromatic N) is 1. The van der Waals surface area contributed by atoms with Crippen LogP contribution in [0, 0.1) is 6.92 Å². The van der Waals surface area contributed by atoms with Crippen LogP contribution in [0.2, 0.25) is 0 Å². The van der Waals surface area contributed by atoms with E-state index in [1.807, 2.05) is 32.2 Å². The van der Waals surface area contributed by atoms with E-state index in [9.17, 15) is 0 Å². The fourth-order valence-electron chi connectivity index (χ4n) is 2.09. The van der Waals surface area contributed by atoms with Gasteiger partial charge in [-0.05, 0) is 63.1 Å². The third-order valence-corrected chi connectivity index (χ3v) is 3.13. The molecule has 3 nitrogen and oxygen atoms in total. The smallest absolute Gasteiger partial charge is 0.120 e. The van der Waals surface area contributed by atoms with Crippen molar-refractivity contribution in [1.29, 1.82) is 0 Å². The van der Waals surface area contributed by atoms with E-state index in [1.165, 1.54) is 11.1 Å². The summed E-state index contributed by atoms with van der Waals surface area (Å²) in [7, 11) is 0. The number of nitrogens with one attached hydrogen (secondary N) is 1. The van der Waals surface area contributed by atoms with Gasteiger partial charge in [0.15, 0.2) is 0 Å². The molecule has 20 heavy (non-hydrogen) atoms. The predicted octanol–water partition coefficient (Wildman–Crippen LogP) is 4.35. The molecule has 0 amide bonds. The van der Waals surface area contributed by atoms with Crippen LogP contribution in [0.1, 0.15) is 37.9 Å². The monoisotopic (exact) mass is 270 g/mol. The van der Waals surface area contributed by atoms with Crippen LogP contribution in [-0.2, 0) is 0 Å². The van der Waals surface area contributed by atoms with Gasteiger partial charge in [0.2, 0.25) is 0 Å². The molecule has 1 aromatic carbocycles. The molecule has 0 fully saturated rings. The van der Waals surface area contributed by atoms with Crippen LogP contribution in [-0.4, -0.2) is 11.1 Å². The van der Waals surface area contributed by atoms with Gasteiger partial charge in [-0.3, -0.25) is 4.98 Å². The van der Waals surface area contributed by atoms with Crippen molar-refractivity contribution in [3.05, 3.63) is 53.9 Å². The number of rotatable bonds is 5. The maximum atomic E-state index is 5.70. The Labute approximate surface area is 121 Å². The van der Waals surface area contributed by atoms with Crippen molar-refractivity contribution in [3.63, 3.8) is 0 Å². The highest BCUT2D eigenvalue weighted by Gasteiger charge is 2.08. The lowest BCUT2D eigenvalue weighted by Crippen LogP contribution is -2.09. The molecule has 2 aromatic rings. The molecule has 0 bridgehead atoms. The van der Waals surface area contributed by atoms with E-state index in [2.05, 4.69) is 42.3 Å². The molecular formula is C17H22N2O. The third kappa shape index (κ3) is 3.73. The molecule has 0 aliphatic heterocycles. The summed E-state index contributed by atoms with van der Waals surface area (Å²) in [6.07, 6.45) is 3.88. The van der Waals surface area contributed by atoms with E-state index >= 15 is 0 Å². The van der Waals surface area contributed by atoms with E-state index in [-0.39, 0.29) is 12.1 Å². The van der Waals surface area contributed by atoms with E-state index in [0.29, 0.717) is 0 Å². The quantitative estimate of drug-likeness (QED) is 0.877. The van der Waals surface area contributed by atoms with Gasteiger partial charge in [-0.15, -0.1) is 0 Å². The molecule has 1 unspecified atom stereocenters. The first-order valence-corrected chi connectivity index (χ1v) is 7.00. The number of aromatic nitrogens is 1. The summed E-state index contributed by atoms with van der Waals surface area (Å²) < 4.78 is 5.70. The number of anilines is 1. The third-order valence-electron chi connectivity index (χ3n) is 3.13. The zero-order valence-electron chi connectivity index (χ0n) is 12.6. The Hall–Kier alpha value is -2.03. The summed E-state index contributed by atoms with van der Waals surface area (Å²) in [5, 5.41) is 3.51. The van der Waals surface area contributed by atoms with Crippen LogP contribution in [0.3, 0.4) is 0 Å². The van der Waals surface area contributed by atoms with Gasteiger partial charge in [0.1, 0.15) is 5.75 Å². The topological polar surface area (TPSA) is 34.1 Å². The molecule has 0 spiro atoms. The summed E-state index contributed by atoms with van der Waals surface area (Å²) in [5.41, 5.74) is 3.48. The second kappa shape index (κ2) is 6.42. The summed E-state index contributed by atoms with van der Waals surface area (Å²) >= 11 is 0. The standard InChI is InChI=1S/C17H22N2O/c1-12(2)20-16-7-8-17(13(3)10-16)19-14(4)15-6-5-9-18-11-15/h5-12,14,19H,1-4H3. The van der Waals surface area contributed by atoms with Gasteiger partial charge in [0, 0.05) is 18.1 Å². The molecule has 0 saturated heterocycles. The van der Waals surface area contributed by atoms with E-state index < -0.39 is 0 Å². The van der Waals surface area contributed by atoms with Gasteiger partial charge in [0.05, 0.1) is 12.1 Å². The molecule has 2 rings (SSSR count). The van der Waals surface area contributed by atoms with E-state index in [4.69, 9.17) is 4.74 Å². The first-order chi connectivity index (χ1) is 9.56. The first-order valence-electron chi connectivity index (χ1n) is 7.00. The molecule has 106 valence electrons. The summed E-state index contributed by atoms with van der Waals surface area (Å²) in [6, 6.07) is 10.4. The maximum Gasteiger partial charge on any atom is 0.120 e. The van der Waals surface area contributed by atoms with Gasteiger partial charge in [-0.25, -0.2) is 0 Å². The predicted molar refractivity (Wildman–Crippen MR) is 83.2 cm³/mol. The molecule has 1 atom stereocenters. The van der Waals surface area contributed by atoms with E-state index in [1.54, 1.807) is 6.20 Å². The summed E-state index contributed by atoms with van der Waals surface area (Å²) in [6.45, 7) is 8.29. The van der Waals surface area contributed by atoms with E-state index in [0.717, 1.165) is 11.4 Å². The van der Waals surface area contributed by atoms with Gasteiger partial charge < -0.3 is 10.1 Å². The van der Waals surface area contributed by atoms with Gasteiger partial charge >= 0.3 is 0 Å². The lowest BCUT2D eigenvalue weighted by atomic mass is 10.1. The highest BCUT2D eigenvalue weighted by atomic mass is 16.5. The van der Waals surface area contributed by atoms with Crippen molar-refractivity contribution in [2.24, 2.45) is 0 Å². The second-order valence-electron chi connectivity index (χ2n) is 5.30. The van der Waals surface area contributed by atoms with Gasteiger partial charge in [-0.1, -0.05) is 6.07 Å². The average Bonchev–Trinajstić information content (AvgIpc) is 2.42. The molecular weight excluding hydrogens is 248 g/mol. The molecule has 0 aliphatic rings. The van der Waals surface area contributed by atoms with Gasteiger partial charge in [-0.2, -0.15) is 0 Å². The number of benzene rings is 1. The normalized spacial score (nSPS) is 12.2. The Balaban J connectivity index is 2.10. The zero-order valence-corrected chi connectivity index (χ0v) is 12.6. The fraction of sp³-hybridized carbons (Fsp3) is 0.353. The Kier molecular flexibility index (Phi) is 4.61. The molecule has 1 aromatic heterocycles. The largest absolute Gasteiger partial charge is 0.491 e. The lowest BCUT2D eigenvalue weighted by molar-refractivity contribution is 0.242. The van der Waals surface area contributed by atoms with Crippen molar-refractivity contribution < 1.29 is 4.74 Å². The second-order valence-corrected chi connectivity index (χ2v) is 5.30. The molecule has 0 radical (unpaired) electrons. The average molecular weight is 270 g/mol. The first kappa shape index (κ1) is 14.4. The molecule has 0 aliphatic carbocycles. The summed E-state index contributed by atoms with van der Waals surface area (Å²) in [4.78, 5) is 4.16.